The average Bonchev–Trinajstić information content (AvgIpc) is 2.67. The van der Waals surface area contributed by atoms with Gasteiger partial charge in [0.15, 0.2) is 5.13 Å². The molecule has 0 spiro atoms. The van der Waals surface area contributed by atoms with E-state index in [4.69, 9.17) is 16.9 Å². The highest BCUT2D eigenvalue weighted by Crippen LogP contribution is 2.25. The van der Waals surface area contributed by atoms with E-state index in [-0.39, 0.29) is 0 Å². The van der Waals surface area contributed by atoms with Gasteiger partial charge in [0.25, 0.3) is 0 Å². The number of thiazole rings is 1. The first kappa shape index (κ1) is 10.9. The lowest BCUT2D eigenvalue weighted by Crippen LogP contribution is -1.93. The van der Waals surface area contributed by atoms with Crippen molar-refractivity contribution in [3.05, 3.63) is 39.9 Å². The summed E-state index contributed by atoms with van der Waals surface area (Å²) < 4.78 is 0. The summed E-state index contributed by atoms with van der Waals surface area (Å²) in [6, 6.07) is 7.58. The van der Waals surface area contributed by atoms with Crippen LogP contribution in [0.25, 0.3) is 0 Å². The number of benzene rings is 1. The third-order valence-corrected chi connectivity index (χ3v) is 3.17. The normalized spacial score (nSPS) is 9.81. The molecule has 0 aliphatic carbocycles. The van der Waals surface area contributed by atoms with Crippen LogP contribution in [0.5, 0.6) is 0 Å². The van der Waals surface area contributed by atoms with E-state index in [1.54, 1.807) is 17.5 Å². The summed E-state index contributed by atoms with van der Waals surface area (Å²) in [7, 11) is 0. The monoisotopic (exact) mass is 249 g/mol. The fourth-order valence-corrected chi connectivity index (χ4v) is 2.10. The van der Waals surface area contributed by atoms with Crippen LogP contribution in [0.15, 0.2) is 23.6 Å². The van der Waals surface area contributed by atoms with Crippen molar-refractivity contribution in [1.82, 2.24) is 4.98 Å². The maximum atomic E-state index is 8.81. The van der Waals surface area contributed by atoms with Crippen molar-refractivity contribution in [1.29, 1.82) is 5.26 Å². The minimum atomic E-state index is 0.474. The Kier molecular flexibility index (Phi) is 3.09. The van der Waals surface area contributed by atoms with E-state index in [0.717, 1.165) is 16.4 Å². The van der Waals surface area contributed by atoms with Crippen LogP contribution in [0.1, 0.15) is 11.1 Å². The summed E-state index contributed by atoms with van der Waals surface area (Å²) in [6.07, 6.45) is 0. The molecule has 0 saturated heterocycles. The number of nitrogens with one attached hydrogen (secondary N) is 1. The molecule has 0 amide bonds. The third kappa shape index (κ3) is 2.32. The van der Waals surface area contributed by atoms with Gasteiger partial charge in [-0.1, -0.05) is 17.7 Å². The second kappa shape index (κ2) is 4.52. The standard InChI is InChI=1S/C11H8ClN3S/c1-7-2-3-8(5-13)4-9(7)14-11-15-10(12)6-16-11/h2-4,6H,1H3,(H,14,15). The van der Waals surface area contributed by atoms with E-state index in [0.29, 0.717) is 10.7 Å². The van der Waals surface area contributed by atoms with Gasteiger partial charge in [0.1, 0.15) is 5.15 Å². The number of rotatable bonds is 2. The van der Waals surface area contributed by atoms with Gasteiger partial charge >= 0.3 is 0 Å². The van der Waals surface area contributed by atoms with Gasteiger partial charge in [-0.05, 0) is 24.6 Å². The lowest BCUT2D eigenvalue weighted by molar-refractivity contribution is 1.36. The van der Waals surface area contributed by atoms with Gasteiger partial charge in [0.05, 0.1) is 11.6 Å². The van der Waals surface area contributed by atoms with Crippen molar-refractivity contribution in [2.24, 2.45) is 0 Å². The lowest BCUT2D eigenvalue weighted by atomic mass is 10.1. The summed E-state index contributed by atoms with van der Waals surface area (Å²) in [6.45, 7) is 1.97. The van der Waals surface area contributed by atoms with Gasteiger partial charge < -0.3 is 5.32 Å². The Morgan fingerprint density at radius 2 is 2.31 bits per heavy atom. The number of nitriles is 1. The molecular weight excluding hydrogens is 242 g/mol. The summed E-state index contributed by atoms with van der Waals surface area (Å²) in [5, 5.41) is 14.9. The first-order chi connectivity index (χ1) is 7.69. The molecule has 1 aromatic heterocycles. The highest BCUT2D eigenvalue weighted by atomic mass is 35.5. The van der Waals surface area contributed by atoms with Gasteiger partial charge in [-0.15, -0.1) is 11.3 Å². The molecule has 0 fully saturated rings. The number of aromatic nitrogens is 1. The maximum absolute atomic E-state index is 8.81. The SMILES string of the molecule is Cc1ccc(C#N)cc1Nc1nc(Cl)cs1. The number of nitrogens with zero attached hydrogens (tertiary/aromatic N) is 2. The molecule has 80 valence electrons. The zero-order valence-corrected chi connectivity index (χ0v) is 10.1. The molecule has 5 heteroatoms. The van der Waals surface area contributed by atoms with Crippen LogP contribution < -0.4 is 5.32 Å². The summed E-state index contributed by atoms with van der Waals surface area (Å²) >= 11 is 7.16. The van der Waals surface area contributed by atoms with E-state index >= 15 is 0 Å². The van der Waals surface area contributed by atoms with Crippen LogP contribution in [0.3, 0.4) is 0 Å². The van der Waals surface area contributed by atoms with Gasteiger partial charge in [0.2, 0.25) is 0 Å². The number of halogens is 1. The zero-order valence-electron chi connectivity index (χ0n) is 8.49. The molecule has 0 unspecified atom stereocenters. The molecule has 0 aliphatic heterocycles. The fraction of sp³-hybridized carbons (Fsp3) is 0.0909. The van der Waals surface area contributed by atoms with E-state index in [1.165, 1.54) is 11.3 Å². The van der Waals surface area contributed by atoms with Crippen molar-refractivity contribution < 1.29 is 0 Å². The van der Waals surface area contributed by atoms with E-state index in [2.05, 4.69) is 16.4 Å². The average molecular weight is 250 g/mol. The third-order valence-electron chi connectivity index (χ3n) is 2.08. The molecule has 0 aliphatic rings. The molecule has 0 atom stereocenters. The van der Waals surface area contributed by atoms with Gasteiger partial charge in [0, 0.05) is 11.1 Å². The highest BCUT2D eigenvalue weighted by molar-refractivity contribution is 7.14. The van der Waals surface area contributed by atoms with Gasteiger partial charge in [-0.25, -0.2) is 4.98 Å². The van der Waals surface area contributed by atoms with Crippen LogP contribution in [-0.4, -0.2) is 4.98 Å². The Morgan fingerprint density at radius 1 is 1.50 bits per heavy atom. The Bertz CT molecular complexity index is 557. The minimum Gasteiger partial charge on any atom is -0.331 e. The van der Waals surface area contributed by atoms with E-state index in [9.17, 15) is 0 Å². The molecule has 16 heavy (non-hydrogen) atoms. The molecule has 1 aromatic carbocycles. The summed E-state index contributed by atoms with van der Waals surface area (Å²) in [5.41, 5.74) is 2.56. The van der Waals surface area contributed by atoms with Crippen molar-refractivity contribution in [3.8, 4) is 6.07 Å². The van der Waals surface area contributed by atoms with E-state index < -0.39 is 0 Å². The molecule has 2 aromatic rings. The first-order valence-electron chi connectivity index (χ1n) is 4.58. The topological polar surface area (TPSA) is 48.7 Å². The Labute approximate surface area is 102 Å². The molecule has 3 nitrogen and oxygen atoms in total. The van der Waals surface area contributed by atoms with Crippen molar-refractivity contribution >= 4 is 33.8 Å². The van der Waals surface area contributed by atoms with Crippen LogP contribution in [0.2, 0.25) is 5.15 Å². The van der Waals surface area contributed by atoms with Crippen LogP contribution >= 0.6 is 22.9 Å². The highest BCUT2D eigenvalue weighted by Gasteiger charge is 2.03. The predicted octanol–water partition coefficient (Wildman–Crippen LogP) is 3.72. The number of hydrogen-bond donors (Lipinski definition) is 1. The molecule has 0 bridgehead atoms. The number of hydrogen-bond acceptors (Lipinski definition) is 4. The number of anilines is 2. The lowest BCUT2D eigenvalue weighted by Gasteiger charge is -2.06. The van der Waals surface area contributed by atoms with Gasteiger partial charge in [-0.2, -0.15) is 5.26 Å². The van der Waals surface area contributed by atoms with Crippen molar-refractivity contribution in [2.45, 2.75) is 6.92 Å². The van der Waals surface area contributed by atoms with Gasteiger partial charge in [-0.3, -0.25) is 0 Å². The summed E-state index contributed by atoms with van der Waals surface area (Å²) in [5.74, 6) is 0. The fourth-order valence-electron chi connectivity index (χ4n) is 1.25. The zero-order chi connectivity index (χ0) is 11.5. The second-order valence-corrected chi connectivity index (χ2v) is 4.49. The maximum Gasteiger partial charge on any atom is 0.188 e. The predicted molar refractivity (Wildman–Crippen MR) is 66.3 cm³/mol. The minimum absolute atomic E-state index is 0.474. The smallest absolute Gasteiger partial charge is 0.188 e. The molecular formula is C11H8ClN3S. The molecule has 0 radical (unpaired) electrons. The van der Waals surface area contributed by atoms with Crippen molar-refractivity contribution in [2.75, 3.05) is 5.32 Å². The Morgan fingerprint density at radius 3 is 2.94 bits per heavy atom. The first-order valence-corrected chi connectivity index (χ1v) is 5.83. The second-order valence-electron chi connectivity index (χ2n) is 3.24. The molecule has 1 heterocycles. The van der Waals surface area contributed by atoms with E-state index in [1.807, 2.05) is 13.0 Å². The molecule has 2 rings (SSSR count). The largest absolute Gasteiger partial charge is 0.331 e. The van der Waals surface area contributed by atoms with Crippen LogP contribution in [0, 0.1) is 18.3 Å². The number of aryl methyl sites for hydroxylation is 1. The van der Waals surface area contributed by atoms with Crippen molar-refractivity contribution in [3.63, 3.8) is 0 Å². The van der Waals surface area contributed by atoms with Crippen LogP contribution in [-0.2, 0) is 0 Å². The molecule has 1 N–H and O–H groups in total. The summed E-state index contributed by atoms with van der Waals surface area (Å²) in [4.78, 5) is 4.09. The quantitative estimate of drug-likeness (QED) is 0.883. The van der Waals surface area contributed by atoms with Crippen LogP contribution in [0.4, 0.5) is 10.8 Å². The Hall–Kier alpha value is -1.57. The Balaban J connectivity index is 2.30. The molecule has 0 saturated carbocycles.